The van der Waals surface area contributed by atoms with Gasteiger partial charge >= 0.3 is 0 Å². The molecule has 0 saturated carbocycles. The average Bonchev–Trinajstić information content (AvgIpc) is 2.12. The first kappa shape index (κ1) is 5.67. The lowest BCUT2D eigenvalue weighted by atomic mass is 10.2. The molecule has 0 bridgehead atoms. The minimum atomic E-state index is 0.581. The fourth-order valence-corrected chi connectivity index (χ4v) is 0.839. The van der Waals surface area contributed by atoms with Gasteiger partial charge in [-0.05, 0) is 6.08 Å². The molecule has 0 N–H and O–H groups in total. The molecule has 1 nitrogen and oxygen atoms in total. The highest BCUT2D eigenvalue weighted by Gasteiger charge is 2.07. The molecule has 0 aromatic heterocycles. The van der Waals surface area contributed by atoms with Gasteiger partial charge in [0.15, 0.2) is 0 Å². The normalized spacial score (nSPS) is 18.6. The van der Waals surface area contributed by atoms with Crippen LogP contribution in [0.25, 0.3) is 0 Å². The Hall–Kier alpha value is -0.460. The molecule has 0 aromatic carbocycles. The van der Waals surface area contributed by atoms with Gasteiger partial charge in [0.2, 0.25) is 0 Å². The zero-order valence-corrected chi connectivity index (χ0v) is 5.48. The van der Waals surface area contributed by atoms with Crippen molar-refractivity contribution in [1.82, 2.24) is 0 Å². The smallest absolute Gasteiger partial charge is 0.0946 e. The van der Waals surface area contributed by atoms with Crippen molar-refractivity contribution in [3.05, 3.63) is 11.8 Å². The van der Waals surface area contributed by atoms with Crippen LogP contribution in [0.5, 0.6) is 0 Å². The molecule has 8 heavy (non-hydrogen) atoms. The fourth-order valence-electron chi connectivity index (χ4n) is 0.839. The number of ether oxygens (including phenoxy) is 1. The number of rotatable bonds is 1. The van der Waals surface area contributed by atoms with E-state index >= 15 is 0 Å². The van der Waals surface area contributed by atoms with Crippen molar-refractivity contribution in [1.29, 1.82) is 0 Å². The Morgan fingerprint density at radius 2 is 2.38 bits per heavy atom. The Kier molecular flexibility index (Phi) is 1.56. The van der Waals surface area contributed by atoms with E-state index in [1.165, 1.54) is 5.76 Å². The second kappa shape index (κ2) is 2.21. The molecule has 0 saturated heterocycles. The summed E-state index contributed by atoms with van der Waals surface area (Å²) >= 11 is 0. The van der Waals surface area contributed by atoms with E-state index in [-0.39, 0.29) is 0 Å². The SMILES string of the molecule is CC(C)C1=CCCO1. The highest BCUT2D eigenvalue weighted by Crippen LogP contribution is 2.16. The molecule has 1 rings (SSSR count). The van der Waals surface area contributed by atoms with Crippen molar-refractivity contribution in [2.24, 2.45) is 5.92 Å². The fraction of sp³-hybridized carbons (Fsp3) is 0.714. The molecular weight excluding hydrogens is 100 g/mol. The molecule has 0 aliphatic carbocycles. The van der Waals surface area contributed by atoms with E-state index in [9.17, 15) is 0 Å². The second-order valence-corrected chi connectivity index (χ2v) is 2.40. The van der Waals surface area contributed by atoms with E-state index in [0.717, 1.165) is 13.0 Å². The van der Waals surface area contributed by atoms with Gasteiger partial charge in [-0.25, -0.2) is 0 Å². The minimum Gasteiger partial charge on any atom is -0.498 e. The molecule has 0 unspecified atom stereocenters. The predicted molar refractivity (Wildman–Crippen MR) is 33.5 cm³/mol. The third-order valence-corrected chi connectivity index (χ3v) is 1.30. The van der Waals surface area contributed by atoms with Crippen molar-refractivity contribution in [2.45, 2.75) is 20.3 Å². The third kappa shape index (κ3) is 1.03. The van der Waals surface area contributed by atoms with Crippen molar-refractivity contribution in [3.8, 4) is 0 Å². The summed E-state index contributed by atoms with van der Waals surface area (Å²) in [6.45, 7) is 5.20. The molecule has 0 fully saturated rings. The van der Waals surface area contributed by atoms with E-state index in [1.807, 2.05) is 0 Å². The Balaban J connectivity index is 2.45. The number of allylic oxidation sites excluding steroid dienone is 1. The van der Waals surface area contributed by atoms with E-state index in [4.69, 9.17) is 4.74 Å². The molecule has 1 aliphatic rings. The van der Waals surface area contributed by atoms with Gasteiger partial charge in [-0.3, -0.25) is 0 Å². The predicted octanol–water partition coefficient (Wildman–Crippen LogP) is 1.95. The van der Waals surface area contributed by atoms with Gasteiger partial charge in [0.05, 0.1) is 12.4 Å². The summed E-state index contributed by atoms with van der Waals surface area (Å²) in [5.74, 6) is 1.75. The van der Waals surface area contributed by atoms with Crippen LogP contribution in [0.4, 0.5) is 0 Å². The van der Waals surface area contributed by atoms with Crippen molar-refractivity contribution < 1.29 is 4.74 Å². The van der Waals surface area contributed by atoms with Gasteiger partial charge < -0.3 is 4.74 Å². The zero-order valence-electron chi connectivity index (χ0n) is 5.48. The zero-order chi connectivity index (χ0) is 5.98. The van der Waals surface area contributed by atoms with Gasteiger partial charge in [0.25, 0.3) is 0 Å². The van der Waals surface area contributed by atoms with Crippen LogP contribution in [0, 0.1) is 5.92 Å². The first-order valence-electron chi connectivity index (χ1n) is 3.13. The Bertz CT molecular complexity index is 103. The lowest BCUT2D eigenvalue weighted by Gasteiger charge is -2.04. The summed E-state index contributed by atoms with van der Waals surface area (Å²) in [7, 11) is 0. The van der Waals surface area contributed by atoms with Gasteiger partial charge in [-0.15, -0.1) is 0 Å². The molecule has 0 atom stereocenters. The Morgan fingerprint density at radius 1 is 1.62 bits per heavy atom. The summed E-state index contributed by atoms with van der Waals surface area (Å²) in [6.07, 6.45) is 3.28. The van der Waals surface area contributed by atoms with Crippen molar-refractivity contribution >= 4 is 0 Å². The lowest BCUT2D eigenvalue weighted by Crippen LogP contribution is -1.93. The van der Waals surface area contributed by atoms with E-state index in [2.05, 4.69) is 19.9 Å². The maximum atomic E-state index is 5.28. The molecular formula is C7H12O. The van der Waals surface area contributed by atoms with Crippen LogP contribution in [-0.4, -0.2) is 6.61 Å². The topological polar surface area (TPSA) is 9.23 Å². The van der Waals surface area contributed by atoms with E-state index in [1.54, 1.807) is 0 Å². The highest BCUT2D eigenvalue weighted by atomic mass is 16.5. The van der Waals surface area contributed by atoms with Crippen LogP contribution in [0.15, 0.2) is 11.8 Å². The molecule has 0 spiro atoms. The summed E-state index contributed by atoms with van der Waals surface area (Å²) in [6, 6.07) is 0. The quantitative estimate of drug-likeness (QED) is 0.503. The van der Waals surface area contributed by atoms with Crippen molar-refractivity contribution in [2.75, 3.05) is 6.61 Å². The summed E-state index contributed by atoms with van der Waals surface area (Å²) < 4.78 is 5.28. The average molecular weight is 112 g/mol. The van der Waals surface area contributed by atoms with Crippen LogP contribution >= 0.6 is 0 Å². The number of hydrogen-bond donors (Lipinski definition) is 0. The van der Waals surface area contributed by atoms with Crippen LogP contribution in [0.1, 0.15) is 20.3 Å². The Morgan fingerprint density at radius 3 is 2.62 bits per heavy atom. The lowest BCUT2D eigenvalue weighted by molar-refractivity contribution is 0.216. The van der Waals surface area contributed by atoms with Crippen LogP contribution in [0.2, 0.25) is 0 Å². The third-order valence-electron chi connectivity index (χ3n) is 1.30. The number of hydrogen-bond acceptors (Lipinski definition) is 1. The Labute approximate surface area is 50.3 Å². The van der Waals surface area contributed by atoms with Gasteiger partial charge in [-0.1, -0.05) is 13.8 Å². The molecule has 46 valence electrons. The van der Waals surface area contributed by atoms with Crippen LogP contribution in [0.3, 0.4) is 0 Å². The molecule has 0 radical (unpaired) electrons. The first-order valence-corrected chi connectivity index (χ1v) is 3.13. The minimum absolute atomic E-state index is 0.581. The standard InChI is InChI=1S/C7H12O/c1-6(2)7-4-3-5-8-7/h4,6H,3,5H2,1-2H3. The van der Waals surface area contributed by atoms with E-state index < -0.39 is 0 Å². The molecule has 1 heteroatoms. The van der Waals surface area contributed by atoms with Gasteiger partial charge in [0, 0.05) is 12.3 Å². The molecule has 1 aliphatic heterocycles. The van der Waals surface area contributed by atoms with Crippen molar-refractivity contribution in [3.63, 3.8) is 0 Å². The molecule has 0 amide bonds. The van der Waals surface area contributed by atoms with Gasteiger partial charge in [0.1, 0.15) is 0 Å². The van der Waals surface area contributed by atoms with Gasteiger partial charge in [-0.2, -0.15) is 0 Å². The largest absolute Gasteiger partial charge is 0.498 e. The maximum absolute atomic E-state index is 5.28. The monoisotopic (exact) mass is 112 g/mol. The highest BCUT2D eigenvalue weighted by molar-refractivity contribution is 5.00. The first-order chi connectivity index (χ1) is 3.80. The summed E-state index contributed by atoms with van der Waals surface area (Å²) in [5, 5.41) is 0. The molecule has 1 heterocycles. The maximum Gasteiger partial charge on any atom is 0.0946 e. The van der Waals surface area contributed by atoms with Crippen LogP contribution in [-0.2, 0) is 4.74 Å². The van der Waals surface area contributed by atoms with Crippen LogP contribution < -0.4 is 0 Å². The molecule has 0 aromatic rings. The summed E-state index contributed by atoms with van der Waals surface area (Å²) in [5.41, 5.74) is 0. The van der Waals surface area contributed by atoms with E-state index in [0.29, 0.717) is 5.92 Å². The second-order valence-electron chi connectivity index (χ2n) is 2.40. The summed E-state index contributed by atoms with van der Waals surface area (Å²) in [4.78, 5) is 0.